The minimum absolute atomic E-state index is 0.255. The average Bonchev–Trinajstić information content (AvgIpc) is 1.89. The van der Waals surface area contributed by atoms with Crippen LogP contribution in [0.3, 0.4) is 0 Å². The van der Waals surface area contributed by atoms with Crippen LogP contribution in [-0.2, 0) is 9.53 Å². The summed E-state index contributed by atoms with van der Waals surface area (Å²) in [6, 6.07) is 0. The van der Waals surface area contributed by atoms with Gasteiger partial charge in [-0.2, -0.15) is 0 Å². The van der Waals surface area contributed by atoms with Crippen LogP contribution in [0, 0.1) is 5.41 Å². The molecule has 0 amide bonds. The SMILES string of the molecule is C/C=C\COC(=O)C=N. The van der Waals surface area contributed by atoms with E-state index in [-0.39, 0.29) is 6.61 Å². The zero-order chi connectivity index (χ0) is 7.11. The Morgan fingerprint density at radius 1 is 1.78 bits per heavy atom. The fourth-order valence-electron chi connectivity index (χ4n) is 0.268. The highest BCUT2D eigenvalue weighted by atomic mass is 16.5. The molecule has 1 N–H and O–H groups in total. The van der Waals surface area contributed by atoms with E-state index in [0.29, 0.717) is 6.21 Å². The first kappa shape index (κ1) is 7.88. The molecule has 3 nitrogen and oxygen atoms in total. The fourth-order valence-corrected chi connectivity index (χ4v) is 0.268. The molecule has 0 aliphatic rings. The van der Waals surface area contributed by atoms with Crippen LogP contribution < -0.4 is 0 Å². The van der Waals surface area contributed by atoms with Gasteiger partial charge < -0.3 is 10.1 Å². The van der Waals surface area contributed by atoms with Crippen LogP contribution >= 0.6 is 0 Å². The van der Waals surface area contributed by atoms with Crippen molar-refractivity contribution in [1.29, 1.82) is 5.41 Å². The molecule has 0 saturated carbocycles. The Bertz CT molecular complexity index is 129. The lowest BCUT2D eigenvalue weighted by Gasteiger charge is -1.92. The molecular formula is C6H9NO2. The average molecular weight is 127 g/mol. The second-order valence-corrected chi connectivity index (χ2v) is 1.34. The number of nitrogens with one attached hydrogen (secondary N) is 1. The summed E-state index contributed by atoms with van der Waals surface area (Å²) >= 11 is 0. The van der Waals surface area contributed by atoms with Gasteiger partial charge >= 0.3 is 5.97 Å². The molecule has 0 unspecified atom stereocenters. The summed E-state index contributed by atoms with van der Waals surface area (Å²) in [5, 5.41) is 6.42. The van der Waals surface area contributed by atoms with Crippen molar-refractivity contribution in [1.82, 2.24) is 0 Å². The Hall–Kier alpha value is -1.12. The molecule has 0 spiro atoms. The van der Waals surface area contributed by atoms with Crippen LogP contribution in [0.5, 0.6) is 0 Å². The van der Waals surface area contributed by atoms with E-state index in [2.05, 4.69) is 4.74 Å². The zero-order valence-electron chi connectivity index (χ0n) is 5.26. The van der Waals surface area contributed by atoms with Crippen LogP contribution in [0.15, 0.2) is 12.2 Å². The molecule has 3 heteroatoms. The van der Waals surface area contributed by atoms with Crippen molar-refractivity contribution in [2.45, 2.75) is 6.92 Å². The molecule has 0 aromatic heterocycles. The Morgan fingerprint density at radius 2 is 2.44 bits per heavy atom. The van der Waals surface area contributed by atoms with E-state index in [1.807, 2.05) is 6.92 Å². The summed E-state index contributed by atoms with van der Waals surface area (Å²) in [5.74, 6) is -0.604. The smallest absolute Gasteiger partial charge is 0.348 e. The number of carbonyl (C=O) groups excluding carboxylic acids is 1. The van der Waals surface area contributed by atoms with Crippen molar-refractivity contribution in [2.75, 3.05) is 6.61 Å². The lowest BCUT2D eigenvalue weighted by Crippen LogP contribution is -2.03. The maximum Gasteiger partial charge on any atom is 0.348 e. The molecule has 0 rings (SSSR count). The molecule has 0 fully saturated rings. The Morgan fingerprint density at radius 3 is 2.89 bits per heavy atom. The van der Waals surface area contributed by atoms with Crippen molar-refractivity contribution in [3.8, 4) is 0 Å². The number of rotatable bonds is 3. The molecule has 0 atom stereocenters. The summed E-state index contributed by atoms with van der Waals surface area (Å²) in [6.45, 7) is 2.09. The molecule has 0 saturated heterocycles. The summed E-state index contributed by atoms with van der Waals surface area (Å²) in [7, 11) is 0. The third-order valence-corrected chi connectivity index (χ3v) is 0.675. The van der Waals surface area contributed by atoms with Crippen molar-refractivity contribution >= 4 is 12.2 Å². The van der Waals surface area contributed by atoms with Crippen LogP contribution in [0.25, 0.3) is 0 Å². The number of ether oxygens (including phenoxy) is 1. The van der Waals surface area contributed by atoms with Crippen LogP contribution in [0.1, 0.15) is 6.92 Å². The van der Waals surface area contributed by atoms with Gasteiger partial charge in [-0.05, 0) is 6.92 Å². The molecule has 0 radical (unpaired) electrons. The predicted molar refractivity (Wildman–Crippen MR) is 34.6 cm³/mol. The summed E-state index contributed by atoms with van der Waals surface area (Å²) in [4.78, 5) is 10.2. The lowest BCUT2D eigenvalue weighted by atomic mass is 10.5. The van der Waals surface area contributed by atoms with Gasteiger partial charge in [0.1, 0.15) is 12.8 Å². The molecule has 0 aromatic carbocycles. The monoisotopic (exact) mass is 127 g/mol. The normalized spacial score (nSPS) is 9.44. The first-order valence-electron chi connectivity index (χ1n) is 2.59. The quantitative estimate of drug-likeness (QED) is 0.345. The van der Waals surface area contributed by atoms with E-state index < -0.39 is 5.97 Å². The molecule has 9 heavy (non-hydrogen) atoms. The zero-order valence-corrected chi connectivity index (χ0v) is 5.26. The van der Waals surface area contributed by atoms with Crippen molar-refractivity contribution in [3.63, 3.8) is 0 Å². The van der Waals surface area contributed by atoms with E-state index in [4.69, 9.17) is 5.41 Å². The van der Waals surface area contributed by atoms with Gasteiger partial charge in [-0.1, -0.05) is 12.2 Å². The predicted octanol–water partition coefficient (Wildman–Crippen LogP) is 0.755. The van der Waals surface area contributed by atoms with Crippen LogP contribution in [0.2, 0.25) is 0 Å². The molecule has 0 heterocycles. The van der Waals surface area contributed by atoms with Crippen LogP contribution in [-0.4, -0.2) is 18.8 Å². The molecule has 0 aliphatic carbocycles. The molecule has 0 aliphatic heterocycles. The topological polar surface area (TPSA) is 50.2 Å². The van der Waals surface area contributed by atoms with Gasteiger partial charge in [-0.15, -0.1) is 0 Å². The third kappa shape index (κ3) is 4.74. The first-order valence-corrected chi connectivity index (χ1v) is 2.59. The van der Waals surface area contributed by atoms with Gasteiger partial charge in [0.05, 0.1) is 0 Å². The van der Waals surface area contributed by atoms with Gasteiger partial charge in [-0.3, -0.25) is 0 Å². The van der Waals surface area contributed by atoms with Gasteiger partial charge in [0.15, 0.2) is 0 Å². The number of hydrogen-bond donors (Lipinski definition) is 1. The summed E-state index contributed by atoms with van der Waals surface area (Å²) in [6.07, 6.45) is 4.11. The maximum atomic E-state index is 10.2. The molecular weight excluding hydrogens is 118 g/mol. The van der Waals surface area contributed by atoms with E-state index in [9.17, 15) is 4.79 Å². The summed E-state index contributed by atoms with van der Waals surface area (Å²) in [5.41, 5.74) is 0. The Labute approximate surface area is 53.8 Å². The number of esters is 1. The number of hydrogen-bond acceptors (Lipinski definition) is 3. The minimum Gasteiger partial charge on any atom is -0.457 e. The first-order chi connectivity index (χ1) is 4.31. The third-order valence-electron chi connectivity index (χ3n) is 0.675. The number of carbonyl (C=O) groups is 1. The standard InChI is InChI=1S/C6H9NO2/c1-2-3-4-9-6(8)5-7/h2-3,5,7H,4H2,1H3/b3-2-,7-5?. The maximum absolute atomic E-state index is 10.2. The van der Waals surface area contributed by atoms with E-state index >= 15 is 0 Å². The number of allylic oxidation sites excluding steroid dienone is 1. The van der Waals surface area contributed by atoms with E-state index in [0.717, 1.165) is 0 Å². The van der Waals surface area contributed by atoms with Gasteiger partial charge in [-0.25, -0.2) is 4.79 Å². The lowest BCUT2D eigenvalue weighted by molar-refractivity contribution is -0.133. The molecule has 0 bridgehead atoms. The van der Waals surface area contributed by atoms with Gasteiger partial charge in [0, 0.05) is 0 Å². The highest BCUT2D eigenvalue weighted by molar-refractivity contribution is 6.21. The minimum atomic E-state index is -0.604. The second-order valence-electron chi connectivity index (χ2n) is 1.34. The van der Waals surface area contributed by atoms with E-state index in [1.54, 1.807) is 12.2 Å². The Kier molecular flexibility index (Phi) is 4.40. The fraction of sp³-hybridized carbons (Fsp3) is 0.333. The van der Waals surface area contributed by atoms with Crippen molar-refractivity contribution in [3.05, 3.63) is 12.2 Å². The van der Waals surface area contributed by atoms with Crippen LogP contribution in [0.4, 0.5) is 0 Å². The summed E-state index contributed by atoms with van der Waals surface area (Å²) < 4.78 is 4.46. The van der Waals surface area contributed by atoms with Gasteiger partial charge in [0.25, 0.3) is 0 Å². The van der Waals surface area contributed by atoms with Crippen molar-refractivity contribution < 1.29 is 9.53 Å². The second kappa shape index (κ2) is 5.03. The molecule has 50 valence electrons. The largest absolute Gasteiger partial charge is 0.457 e. The molecule has 0 aromatic rings. The van der Waals surface area contributed by atoms with Gasteiger partial charge in [0.2, 0.25) is 0 Å². The Balaban J connectivity index is 3.27. The highest BCUT2D eigenvalue weighted by Gasteiger charge is 1.90. The highest BCUT2D eigenvalue weighted by Crippen LogP contribution is 1.75. The van der Waals surface area contributed by atoms with Crippen molar-refractivity contribution in [2.24, 2.45) is 0 Å². The van der Waals surface area contributed by atoms with E-state index in [1.165, 1.54) is 0 Å².